The van der Waals surface area contributed by atoms with Crippen LogP contribution in [-0.2, 0) is 9.53 Å². The van der Waals surface area contributed by atoms with E-state index in [4.69, 9.17) is 15.9 Å². The second-order valence-electron chi connectivity index (χ2n) is 8.75. The Kier molecular flexibility index (Phi) is 8.89. The molecule has 4 rings (SSSR count). The summed E-state index contributed by atoms with van der Waals surface area (Å²) in [5.74, 6) is 3.29. The van der Waals surface area contributed by atoms with E-state index < -0.39 is 0 Å². The van der Waals surface area contributed by atoms with Gasteiger partial charge in [0.25, 0.3) is 0 Å². The molecule has 1 aliphatic heterocycles. The van der Waals surface area contributed by atoms with Gasteiger partial charge < -0.3 is 25.0 Å². The first kappa shape index (κ1) is 26.6. The van der Waals surface area contributed by atoms with Gasteiger partial charge in [-0.2, -0.15) is 5.26 Å². The molecule has 0 spiro atoms. The van der Waals surface area contributed by atoms with Crippen LogP contribution in [0.4, 0.5) is 17.2 Å². The quantitative estimate of drug-likeness (QED) is 0.308. The Bertz CT molecular complexity index is 1380. The topological polar surface area (TPSA) is 112 Å². The lowest BCUT2D eigenvalue weighted by Crippen LogP contribution is -2.23. The highest BCUT2D eigenvalue weighted by atomic mass is 16.5. The Hall–Kier alpha value is -4.44. The van der Waals surface area contributed by atoms with Crippen molar-refractivity contribution in [3.05, 3.63) is 59.9 Å². The fraction of sp³-hybridized carbons (Fsp3) is 0.310. The van der Waals surface area contributed by atoms with Crippen LogP contribution in [0.15, 0.2) is 48.8 Å². The zero-order valence-electron chi connectivity index (χ0n) is 21.5. The average Bonchev–Trinajstić information content (AvgIpc) is 3.44. The predicted molar refractivity (Wildman–Crippen MR) is 147 cm³/mol. The molecule has 38 heavy (non-hydrogen) atoms. The molecule has 1 atom stereocenters. The minimum atomic E-state index is -0.268. The molecule has 194 valence electrons. The molecule has 0 saturated carbocycles. The number of fused-ring (bicyclic) bond motifs is 1. The number of carbonyl (C=O) groups excluding carboxylic acids is 1. The Morgan fingerprint density at radius 3 is 2.76 bits per heavy atom. The normalized spacial score (nSPS) is 14.9. The van der Waals surface area contributed by atoms with Gasteiger partial charge in [-0.15, -0.1) is 6.42 Å². The van der Waals surface area contributed by atoms with Crippen LogP contribution in [0.2, 0.25) is 0 Å². The van der Waals surface area contributed by atoms with Gasteiger partial charge in [-0.1, -0.05) is 25.8 Å². The van der Waals surface area contributed by atoms with Gasteiger partial charge in [0.05, 0.1) is 36.1 Å². The maximum Gasteiger partial charge on any atom is 0.248 e. The summed E-state index contributed by atoms with van der Waals surface area (Å²) < 4.78 is 11.7. The first-order valence-corrected chi connectivity index (χ1v) is 12.5. The van der Waals surface area contributed by atoms with Crippen molar-refractivity contribution in [3.8, 4) is 24.2 Å². The molecule has 2 aromatic carbocycles. The minimum absolute atomic E-state index is 0.114. The number of rotatable bonds is 10. The number of benzene rings is 2. The van der Waals surface area contributed by atoms with Gasteiger partial charge >= 0.3 is 0 Å². The number of nitrogens with zero attached hydrogens (tertiary/aromatic N) is 4. The highest BCUT2D eigenvalue weighted by Crippen LogP contribution is 2.35. The number of terminal acetylenes is 1. The van der Waals surface area contributed by atoms with Crippen LogP contribution in [-0.4, -0.2) is 59.7 Å². The number of anilines is 3. The van der Waals surface area contributed by atoms with Gasteiger partial charge in [-0.25, -0.2) is 9.97 Å². The smallest absolute Gasteiger partial charge is 0.248 e. The average molecular weight is 511 g/mol. The third kappa shape index (κ3) is 6.65. The van der Waals surface area contributed by atoms with Crippen LogP contribution in [0.5, 0.6) is 5.75 Å². The lowest BCUT2D eigenvalue weighted by atomic mass is 10.1. The summed E-state index contributed by atoms with van der Waals surface area (Å²) in [5.41, 5.74) is 2.74. The van der Waals surface area contributed by atoms with Crippen LogP contribution in [0.25, 0.3) is 10.9 Å². The van der Waals surface area contributed by atoms with Crippen molar-refractivity contribution in [1.29, 1.82) is 5.26 Å². The number of carbonyl (C=O) groups is 1. The molecule has 0 bridgehead atoms. The molecule has 3 aromatic rings. The van der Waals surface area contributed by atoms with Crippen LogP contribution < -0.4 is 15.4 Å². The van der Waals surface area contributed by atoms with Gasteiger partial charge in [0.1, 0.15) is 24.0 Å². The second kappa shape index (κ2) is 12.7. The largest absolute Gasteiger partial charge is 0.486 e. The van der Waals surface area contributed by atoms with E-state index in [0.717, 1.165) is 19.5 Å². The van der Waals surface area contributed by atoms with E-state index in [2.05, 4.69) is 51.3 Å². The highest BCUT2D eigenvalue weighted by molar-refractivity contribution is 6.03. The lowest BCUT2D eigenvalue weighted by molar-refractivity contribution is -0.111. The van der Waals surface area contributed by atoms with E-state index in [1.807, 2.05) is 6.08 Å². The molecule has 2 N–H and O–H groups in total. The molecule has 2 heterocycles. The summed E-state index contributed by atoms with van der Waals surface area (Å²) in [4.78, 5) is 23.8. The number of aromatic nitrogens is 2. The number of nitrogens with one attached hydrogen (secondary N) is 2. The van der Waals surface area contributed by atoms with E-state index in [0.29, 0.717) is 64.7 Å². The summed E-state index contributed by atoms with van der Waals surface area (Å²) in [6.45, 7) is 7.78. The molecule has 1 amide bonds. The Morgan fingerprint density at radius 2 is 2.05 bits per heavy atom. The van der Waals surface area contributed by atoms with Crippen molar-refractivity contribution in [2.45, 2.75) is 26.4 Å². The lowest BCUT2D eigenvalue weighted by Gasteiger charge is -2.18. The fourth-order valence-corrected chi connectivity index (χ4v) is 4.11. The number of likely N-dealkylation sites (N-methyl/N-ethyl adjacent to an activating group) is 1. The van der Waals surface area contributed by atoms with Gasteiger partial charge in [0, 0.05) is 41.7 Å². The third-order valence-electron chi connectivity index (χ3n) is 6.19. The summed E-state index contributed by atoms with van der Waals surface area (Å²) in [5, 5.41) is 16.2. The third-order valence-corrected chi connectivity index (χ3v) is 6.19. The maximum atomic E-state index is 12.8. The van der Waals surface area contributed by atoms with Crippen LogP contribution >= 0.6 is 0 Å². The predicted octanol–water partition coefficient (Wildman–Crippen LogP) is 4.23. The second-order valence-corrected chi connectivity index (χ2v) is 8.75. The number of amides is 1. The number of hydrogen-bond acceptors (Lipinski definition) is 8. The van der Waals surface area contributed by atoms with E-state index >= 15 is 0 Å². The molecule has 1 saturated heterocycles. The van der Waals surface area contributed by atoms with Crippen molar-refractivity contribution in [2.75, 3.05) is 43.5 Å². The van der Waals surface area contributed by atoms with Crippen LogP contribution in [0.1, 0.15) is 31.4 Å². The molecule has 0 aliphatic carbocycles. The first-order valence-electron chi connectivity index (χ1n) is 12.5. The van der Waals surface area contributed by atoms with Crippen LogP contribution in [0, 0.1) is 23.7 Å². The standard InChI is InChI=1S/C29H30N6O3/c1-4-20-12-21(17-30)14-22(13-20)33-29-24-15-26(34-28(36)8-7-10-35(5-2)6-3)27(16-25(24)31-19-32-29)38-23-9-11-37-18-23/h1,7-8,12-16,19,23H,5-6,9-11,18H2,2-3H3,(H,34,36)(H,31,32,33)/t23-/m0/s1. The van der Waals surface area contributed by atoms with Crippen LogP contribution in [0.3, 0.4) is 0 Å². The van der Waals surface area contributed by atoms with Gasteiger partial charge in [-0.05, 0) is 37.4 Å². The van der Waals surface area contributed by atoms with E-state index in [1.54, 1.807) is 30.3 Å². The molecule has 1 aliphatic rings. The van der Waals surface area contributed by atoms with Gasteiger partial charge in [0.2, 0.25) is 5.91 Å². The van der Waals surface area contributed by atoms with Crippen molar-refractivity contribution in [2.24, 2.45) is 0 Å². The van der Waals surface area contributed by atoms with Gasteiger partial charge in [-0.3, -0.25) is 4.79 Å². The van der Waals surface area contributed by atoms with Gasteiger partial charge in [0.15, 0.2) is 0 Å². The van der Waals surface area contributed by atoms with E-state index in [9.17, 15) is 10.1 Å². The first-order chi connectivity index (χ1) is 18.5. The van der Waals surface area contributed by atoms with Crippen molar-refractivity contribution in [3.63, 3.8) is 0 Å². The molecular weight excluding hydrogens is 480 g/mol. The fourth-order valence-electron chi connectivity index (χ4n) is 4.11. The summed E-state index contributed by atoms with van der Waals surface area (Å²) in [7, 11) is 0. The maximum absolute atomic E-state index is 12.8. The Labute approximate surface area is 222 Å². The number of ether oxygens (including phenoxy) is 2. The summed E-state index contributed by atoms with van der Waals surface area (Å²) in [6.07, 6.45) is 11.0. The molecule has 1 fully saturated rings. The summed E-state index contributed by atoms with van der Waals surface area (Å²) in [6, 6.07) is 10.8. The highest BCUT2D eigenvalue weighted by Gasteiger charge is 2.21. The van der Waals surface area contributed by atoms with Crippen molar-refractivity contribution in [1.82, 2.24) is 14.9 Å². The molecule has 1 aromatic heterocycles. The zero-order valence-corrected chi connectivity index (χ0v) is 21.5. The molecule has 9 nitrogen and oxygen atoms in total. The van der Waals surface area contributed by atoms with Crippen molar-refractivity contribution < 1.29 is 14.3 Å². The van der Waals surface area contributed by atoms with Crippen molar-refractivity contribution >= 4 is 34.0 Å². The Balaban J connectivity index is 1.67. The summed E-state index contributed by atoms with van der Waals surface area (Å²) >= 11 is 0. The minimum Gasteiger partial charge on any atom is -0.486 e. The SMILES string of the molecule is C#Cc1cc(C#N)cc(Nc2ncnc3cc(O[C@H]4CCOC4)c(NC(=O)C=CCN(CC)CC)cc23)c1. The molecule has 0 radical (unpaired) electrons. The van der Waals surface area contributed by atoms with E-state index in [-0.39, 0.29) is 12.0 Å². The zero-order chi connectivity index (χ0) is 26.9. The molecule has 0 unspecified atom stereocenters. The molecular formula is C29H30N6O3. The number of nitriles is 1. The number of hydrogen-bond donors (Lipinski definition) is 2. The monoisotopic (exact) mass is 510 g/mol. The Morgan fingerprint density at radius 1 is 1.24 bits per heavy atom. The van der Waals surface area contributed by atoms with E-state index in [1.165, 1.54) is 12.4 Å². The molecule has 9 heteroatoms.